The highest BCUT2D eigenvalue weighted by Crippen LogP contribution is 2.38. The zero-order valence-electron chi connectivity index (χ0n) is 13.0. The van der Waals surface area contributed by atoms with Gasteiger partial charge in [-0.15, -0.1) is 0 Å². The molecule has 2 rings (SSSR count). The van der Waals surface area contributed by atoms with Crippen molar-refractivity contribution in [3.63, 3.8) is 0 Å². The first kappa shape index (κ1) is 17.1. The molecular formula is C16H15BrN4O2. The van der Waals surface area contributed by atoms with Crippen molar-refractivity contribution in [3.8, 4) is 12.1 Å². The zero-order chi connectivity index (χ0) is 17.3. The van der Waals surface area contributed by atoms with Crippen molar-refractivity contribution < 1.29 is 9.53 Å². The number of benzene rings is 1. The van der Waals surface area contributed by atoms with Gasteiger partial charge in [-0.25, -0.2) is 4.79 Å². The van der Waals surface area contributed by atoms with E-state index in [4.69, 9.17) is 10.00 Å². The molecule has 0 amide bonds. The lowest BCUT2D eigenvalue weighted by atomic mass is 9.92. The number of esters is 1. The number of azo groups is 1. The number of carbonyl (C=O) groups excluding carboxylic acids is 1. The van der Waals surface area contributed by atoms with Crippen LogP contribution in [0.4, 0.5) is 0 Å². The summed E-state index contributed by atoms with van der Waals surface area (Å²) in [6, 6.07) is 9.35. The number of hydrogen-bond acceptors (Lipinski definition) is 6. The quantitative estimate of drug-likeness (QED) is 0.585. The number of fused-ring (bicyclic) bond motifs is 1. The second-order valence-corrected chi connectivity index (χ2v) is 7.00. The predicted octanol–water partition coefficient (Wildman–Crippen LogP) is 4.09. The molecule has 118 valence electrons. The van der Waals surface area contributed by atoms with E-state index in [1.165, 1.54) is 0 Å². The first-order chi connectivity index (χ1) is 10.7. The van der Waals surface area contributed by atoms with Gasteiger partial charge in [0.15, 0.2) is 11.1 Å². The van der Waals surface area contributed by atoms with Crippen molar-refractivity contribution in [2.75, 3.05) is 0 Å². The molecule has 0 spiro atoms. The van der Waals surface area contributed by atoms with E-state index in [1.807, 2.05) is 6.07 Å². The number of nitrogens with zero attached hydrogens (tertiary/aromatic N) is 4. The summed E-state index contributed by atoms with van der Waals surface area (Å²) >= 11 is 3.37. The maximum absolute atomic E-state index is 11.9. The summed E-state index contributed by atoms with van der Waals surface area (Å²) in [5.41, 5.74) is -0.984. The van der Waals surface area contributed by atoms with Gasteiger partial charge in [0.1, 0.15) is 6.10 Å². The van der Waals surface area contributed by atoms with Crippen LogP contribution in [0.1, 0.15) is 49.2 Å². The highest BCUT2D eigenvalue weighted by atomic mass is 79.9. The Morgan fingerprint density at radius 3 is 2.57 bits per heavy atom. The fourth-order valence-corrected chi connectivity index (χ4v) is 2.50. The maximum atomic E-state index is 11.9. The lowest BCUT2D eigenvalue weighted by Crippen LogP contribution is -2.24. The Morgan fingerprint density at radius 1 is 1.26 bits per heavy atom. The van der Waals surface area contributed by atoms with E-state index in [9.17, 15) is 10.1 Å². The molecule has 0 saturated carbocycles. The van der Waals surface area contributed by atoms with Crippen molar-refractivity contribution in [2.24, 2.45) is 10.2 Å². The zero-order valence-corrected chi connectivity index (χ0v) is 14.6. The lowest BCUT2D eigenvalue weighted by Gasteiger charge is -2.21. The highest BCUT2D eigenvalue weighted by Gasteiger charge is 2.38. The van der Waals surface area contributed by atoms with Crippen LogP contribution >= 0.6 is 15.9 Å². The average molecular weight is 375 g/mol. The van der Waals surface area contributed by atoms with Gasteiger partial charge in [0.05, 0.1) is 17.7 Å². The Labute approximate surface area is 142 Å². The summed E-state index contributed by atoms with van der Waals surface area (Å²) in [7, 11) is 0. The molecule has 0 aromatic heterocycles. The molecule has 0 aliphatic carbocycles. The van der Waals surface area contributed by atoms with Gasteiger partial charge in [-0.3, -0.25) is 0 Å². The monoisotopic (exact) mass is 374 g/mol. The summed E-state index contributed by atoms with van der Waals surface area (Å²) in [6.07, 6.45) is -0.396. The minimum absolute atomic E-state index is 0.170. The fourth-order valence-electron chi connectivity index (χ4n) is 2.12. The van der Waals surface area contributed by atoms with E-state index in [0.717, 1.165) is 10.0 Å². The molecule has 6 nitrogen and oxygen atoms in total. The molecule has 2 atom stereocenters. The van der Waals surface area contributed by atoms with Crippen LogP contribution in [-0.4, -0.2) is 17.0 Å². The smallest absolute Gasteiger partial charge is 0.339 e. The number of hydrogen-bond donors (Lipinski definition) is 0. The summed E-state index contributed by atoms with van der Waals surface area (Å²) < 4.78 is 6.19. The predicted molar refractivity (Wildman–Crippen MR) is 85.5 cm³/mol. The topological polar surface area (TPSA) is 98.6 Å². The molecule has 0 bridgehead atoms. The molecule has 1 aliphatic rings. The molecule has 0 radical (unpaired) electrons. The second kappa shape index (κ2) is 6.10. The van der Waals surface area contributed by atoms with Crippen LogP contribution in [0, 0.1) is 22.7 Å². The van der Waals surface area contributed by atoms with Gasteiger partial charge < -0.3 is 4.74 Å². The van der Waals surface area contributed by atoms with Crippen LogP contribution in [0.15, 0.2) is 32.9 Å². The van der Waals surface area contributed by atoms with E-state index in [0.29, 0.717) is 5.56 Å². The standard InChI is InChI=1S/C16H15BrN4O2/c1-15(2,8-18)20-21-16(3,9-19)7-13-12-6-10(17)4-5-11(12)14(22)23-13/h4-6,13H,7H2,1-3H3. The molecule has 1 aliphatic heterocycles. The second-order valence-electron chi connectivity index (χ2n) is 6.09. The third-order valence-electron chi connectivity index (χ3n) is 3.45. The SMILES string of the molecule is CC(C)(C#N)N=NC(C)(C#N)CC1OC(=O)c2ccc(Br)cc21. The van der Waals surface area contributed by atoms with Crippen LogP contribution in [0.25, 0.3) is 0 Å². The molecule has 23 heavy (non-hydrogen) atoms. The van der Waals surface area contributed by atoms with Crippen molar-refractivity contribution in [2.45, 2.75) is 44.4 Å². The summed E-state index contributed by atoms with van der Waals surface area (Å²) in [6.45, 7) is 4.82. The fraction of sp³-hybridized carbons (Fsp3) is 0.438. The summed E-state index contributed by atoms with van der Waals surface area (Å²) in [5.74, 6) is -0.410. The van der Waals surface area contributed by atoms with Crippen LogP contribution in [0.2, 0.25) is 0 Å². The van der Waals surface area contributed by atoms with Gasteiger partial charge in [0, 0.05) is 16.5 Å². The van der Waals surface area contributed by atoms with E-state index in [1.54, 1.807) is 39.0 Å². The number of nitriles is 2. The largest absolute Gasteiger partial charge is 0.454 e. The number of carbonyl (C=O) groups is 1. The molecule has 0 fully saturated rings. The van der Waals surface area contributed by atoms with Crippen molar-refractivity contribution in [1.82, 2.24) is 0 Å². The first-order valence-corrected chi connectivity index (χ1v) is 7.76. The van der Waals surface area contributed by atoms with Crippen molar-refractivity contribution >= 4 is 21.9 Å². The Bertz CT molecular complexity index is 760. The third kappa shape index (κ3) is 3.75. The van der Waals surface area contributed by atoms with E-state index < -0.39 is 23.2 Å². The Balaban J connectivity index is 2.28. The van der Waals surface area contributed by atoms with Crippen LogP contribution in [0.5, 0.6) is 0 Å². The molecule has 0 saturated heterocycles. The summed E-state index contributed by atoms with van der Waals surface area (Å²) in [4.78, 5) is 11.9. The Kier molecular flexibility index (Phi) is 4.53. The number of rotatable bonds is 4. The van der Waals surface area contributed by atoms with Crippen LogP contribution in [-0.2, 0) is 4.74 Å². The lowest BCUT2D eigenvalue weighted by molar-refractivity contribution is 0.0340. The number of cyclic esters (lactones) is 1. The number of halogens is 1. The van der Waals surface area contributed by atoms with Gasteiger partial charge >= 0.3 is 5.97 Å². The van der Waals surface area contributed by atoms with Gasteiger partial charge in [-0.1, -0.05) is 15.9 Å². The molecule has 2 unspecified atom stereocenters. The average Bonchev–Trinajstić information content (AvgIpc) is 2.81. The van der Waals surface area contributed by atoms with E-state index in [2.05, 4.69) is 32.2 Å². The molecule has 0 N–H and O–H groups in total. The molecular weight excluding hydrogens is 360 g/mol. The van der Waals surface area contributed by atoms with Crippen molar-refractivity contribution in [3.05, 3.63) is 33.8 Å². The van der Waals surface area contributed by atoms with Crippen LogP contribution < -0.4 is 0 Å². The van der Waals surface area contributed by atoms with Gasteiger partial charge in [0.25, 0.3) is 0 Å². The minimum atomic E-state index is -1.19. The van der Waals surface area contributed by atoms with E-state index >= 15 is 0 Å². The molecule has 1 aromatic rings. The molecule has 1 heterocycles. The third-order valence-corrected chi connectivity index (χ3v) is 3.94. The Morgan fingerprint density at radius 2 is 1.96 bits per heavy atom. The Hall–Kier alpha value is -2.25. The summed E-state index contributed by atoms with van der Waals surface area (Å²) in [5, 5.41) is 26.4. The normalized spacial score (nSPS) is 19.6. The van der Waals surface area contributed by atoms with Crippen molar-refractivity contribution in [1.29, 1.82) is 10.5 Å². The van der Waals surface area contributed by atoms with E-state index in [-0.39, 0.29) is 6.42 Å². The molecule has 1 aromatic carbocycles. The van der Waals surface area contributed by atoms with Gasteiger partial charge in [-0.2, -0.15) is 20.8 Å². The minimum Gasteiger partial charge on any atom is -0.454 e. The first-order valence-electron chi connectivity index (χ1n) is 6.97. The highest BCUT2D eigenvalue weighted by molar-refractivity contribution is 9.10. The number of ether oxygens (including phenoxy) is 1. The molecule has 7 heteroatoms. The maximum Gasteiger partial charge on any atom is 0.339 e. The van der Waals surface area contributed by atoms with Crippen LogP contribution in [0.3, 0.4) is 0 Å². The van der Waals surface area contributed by atoms with Gasteiger partial charge in [-0.05, 0) is 39.0 Å². The van der Waals surface area contributed by atoms with Gasteiger partial charge in [0.2, 0.25) is 0 Å².